The number of hydrogen-bond acceptors (Lipinski definition) is 3. The van der Waals surface area contributed by atoms with Crippen LogP contribution in [0.1, 0.15) is 5.56 Å². The molecular formula is C9H10N2OS. The van der Waals surface area contributed by atoms with Crippen LogP contribution in [-0.4, -0.2) is 11.8 Å². The van der Waals surface area contributed by atoms with Gasteiger partial charge in [0.1, 0.15) is 0 Å². The van der Waals surface area contributed by atoms with Crippen molar-refractivity contribution in [2.24, 2.45) is 0 Å². The maximum absolute atomic E-state index is 11.4. The highest BCUT2D eigenvalue weighted by atomic mass is 32.1. The van der Waals surface area contributed by atoms with Gasteiger partial charge in [-0.3, -0.25) is 4.79 Å². The number of carbonyl (C=O) groups excluding carboxylic acids is 1. The number of thiol groups is 1. The van der Waals surface area contributed by atoms with Crippen molar-refractivity contribution in [1.29, 1.82) is 0 Å². The number of nitrogens with two attached hydrogens (primary N) is 1. The van der Waals surface area contributed by atoms with E-state index in [9.17, 15) is 4.79 Å². The summed E-state index contributed by atoms with van der Waals surface area (Å²) >= 11 is 4.10. The fourth-order valence-corrected chi connectivity index (χ4v) is 1.87. The molecule has 1 aromatic carbocycles. The van der Waals surface area contributed by atoms with Crippen LogP contribution in [0.3, 0.4) is 0 Å². The molecule has 1 amide bonds. The van der Waals surface area contributed by atoms with Crippen LogP contribution < -0.4 is 10.6 Å². The molecule has 68 valence electrons. The van der Waals surface area contributed by atoms with Crippen molar-refractivity contribution in [2.45, 2.75) is 6.42 Å². The summed E-state index contributed by atoms with van der Waals surface area (Å²) in [5.41, 5.74) is 8.25. The summed E-state index contributed by atoms with van der Waals surface area (Å²) in [6, 6.07) is 5.51. The van der Waals surface area contributed by atoms with Crippen molar-refractivity contribution < 1.29 is 4.79 Å². The van der Waals surface area contributed by atoms with Crippen LogP contribution in [0.2, 0.25) is 0 Å². The van der Waals surface area contributed by atoms with Gasteiger partial charge in [-0.2, -0.15) is 12.6 Å². The minimum absolute atomic E-state index is 0.0931. The predicted molar refractivity (Wildman–Crippen MR) is 55.9 cm³/mol. The van der Waals surface area contributed by atoms with Gasteiger partial charge >= 0.3 is 0 Å². The Morgan fingerprint density at radius 2 is 2.31 bits per heavy atom. The third kappa shape index (κ3) is 1.27. The Hall–Kier alpha value is -1.16. The maximum Gasteiger partial charge on any atom is 0.232 e. The molecule has 2 rings (SSSR count). The second-order valence-electron chi connectivity index (χ2n) is 3.03. The Labute approximate surface area is 81.9 Å². The highest BCUT2D eigenvalue weighted by Crippen LogP contribution is 2.30. The lowest BCUT2D eigenvalue weighted by molar-refractivity contribution is -0.117. The summed E-state index contributed by atoms with van der Waals surface area (Å²) in [6.45, 7) is 0. The molecule has 0 atom stereocenters. The van der Waals surface area contributed by atoms with Gasteiger partial charge in [-0.05, 0) is 23.8 Å². The minimum Gasteiger partial charge on any atom is -0.399 e. The second-order valence-corrected chi connectivity index (χ2v) is 3.31. The van der Waals surface area contributed by atoms with Crippen molar-refractivity contribution in [1.82, 2.24) is 0 Å². The first-order valence-electron chi connectivity index (χ1n) is 4.02. The minimum atomic E-state index is 0.0931. The average Bonchev–Trinajstić information content (AvgIpc) is 2.39. The number of carbonyl (C=O) groups is 1. The summed E-state index contributed by atoms with van der Waals surface area (Å²) in [5.74, 6) is 0.519. The van der Waals surface area contributed by atoms with E-state index in [1.807, 2.05) is 12.1 Å². The lowest BCUT2D eigenvalue weighted by atomic mass is 10.1. The topological polar surface area (TPSA) is 46.3 Å². The Balaban J connectivity index is 2.48. The molecule has 4 heteroatoms. The van der Waals surface area contributed by atoms with Gasteiger partial charge in [0.2, 0.25) is 5.91 Å². The van der Waals surface area contributed by atoms with Gasteiger partial charge in [-0.15, -0.1) is 0 Å². The van der Waals surface area contributed by atoms with E-state index in [4.69, 9.17) is 5.73 Å². The van der Waals surface area contributed by atoms with Gasteiger partial charge in [-0.1, -0.05) is 0 Å². The monoisotopic (exact) mass is 194 g/mol. The van der Waals surface area contributed by atoms with E-state index < -0.39 is 0 Å². The molecule has 0 saturated carbocycles. The Morgan fingerprint density at radius 1 is 1.54 bits per heavy atom. The lowest BCUT2D eigenvalue weighted by Crippen LogP contribution is -2.24. The smallest absolute Gasteiger partial charge is 0.232 e. The molecule has 3 nitrogen and oxygen atoms in total. The lowest BCUT2D eigenvalue weighted by Gasteiger charge is -2.13. The maximum atomic E-state index is 11.4. The highest BCUT2D eigenvalue weighted by molar-refractivity contribution is 7.80. The summed E-state index contributed by atoms with van der Waals surface area (Å²) < 4.78 is 0. The van der Waals surface area contributed by atoms with Crippen LogP contribution in [0.25, 0.3) is 0 Å². The number of nitrogen functional groups attached to an aromatic ring is 1. The average molecular weight is 194 g/mol. The molecule has 0 radical (unpaired) electrons. The molecule has 1 aliphatic heterocycles. The number of anilines is 2. The Bertz CT molecular complexity index is 365. The van der Waals surface area contributed by atoms with Crippen molar-refractivity contribution in [2.75, 3.05) is 16.5 Å². The largest absolute Gasteiger partial charge is 0.399 e. The van der Waals surface area contributed by atoms with Crippen LogP contribution in [-0.2, 0) is 11.2 Å². The first-order chi connectivity index (χ1) is 6.22. The standard InChI is InChI=1S/C9H10N2OS/c10-7-1-2-8-6(3-7)4-9(12)11(8)5-13/h1-3,13H,4-5,10H2. The van der Waals surface area contributed by atoms with E-state index in [-0.39, 0.29) is 5.91 Å². The fraction of sp³-hybridized carbons (Fsp3) is 0.222. The van der Waals surface area contributed by atoms with E-state index in [0.717, 1.165) is 11.3 Å². The molecule has 0 aliphatic carbocycles. The van der Waals surface area contributed by atoms with Crippen LogP contribution in [0.5, 0.6) is 0 Å². The van der Waals surface area contributed by atoms with E-state index in [2.05, 4.69) is 12.6 Å². The Kier molecular flexibility index (Phi) is 1.92. The van der Waals surface area contributed by atoms with E-state index in [0.29, 0.717) is 18.0 Å². The normalized spacial score (nSPS) is 14.8. The predicted octanol–water partition coefficient (Wildman–Crippen LogP) is 1.05. The van der Waals surface area contributed by atoms with Gasteiger partial charge in [0, 0.05) is 11.4 Å². The van der Waals surface area contributed by atoms with Crippen molar-refractivity contribution in [3.05, 3.63) is 23.8 Å². The molecule has 2 N–H and O–H groups in total. The summed E-state index contributed by atoms with van der Waals surface area (Å²) in [5, 5.41) is 0. The van der Waals surface area contributed by atoms with E-state index in [1.54, 1.807) is 11.0 Å². The number of rotatable bonds is 1. The summed E-state index contributed by atoms with van der Waals surface area (Å²) in [7, 11) is 0. The number of nitrogens with zero attached hydrogens (tertiary/aromatic N) is 1. The zero-order valence-corrected chi connectivity index (χ0v) is 7.92. The first kappa shape index (κ1) is 8.44. The Morgan fingerprint density at radius 3 is 3.00 bits per heavy atom. The van der Waals surface area contributed by atoms with E-state index in [1.165, 1.54) is 0 Å². The number of hydrogen-bond donors (Lipinski definition) is 2. The SMILES string of the molecule is Nc1ccc2c(c1)CC(=O)N2CS. The molecule has 0 saturated heterocycles. The second kappa shape index (κ2) is 2.96. The highest BCUT2D eigenvalue weighted by Gasteiger charge is 2.25. The molecule has 0 bridgehead atoms. The van der Waals surface area contributed by atoms with Crippen LogP contribution in [0.4, 0.5) is 11.4 Å². The molecule has 0 unspecified atom stereocenters. The quantitative estimate of drug-likeness (QED) is 0.518. The number of fused-ring (bicyclic) bond motifs is 1. The molecular weight excluding hydrogens is 184 g/mol. The van der Waals surface area contributed by atoms with Crippen LogP contribution >= 0.6 is 12.6 Å². The van der Waals surface area contributed by atoms with E-state index >= 15 is 0 Å². The third-order valence-electron chi connectivity index (χ3n) is 2.18. The number of amides is 1. The van der Waals surface area contributed by atoms with Gasteiger partial charge in [-0.25, -0.2) is 0 Å². The van der Waals surface area contributed by atoms with Crippen molar-refractivity contribution in [3.63, 3.8) is 0 Å². The molecule has 0 fully saturated rings. The van der Waals surface area contributed by atoms with Gasteiger partial charge in [0.05, 0.1) is 12.3 Å². The van der Waals surface area contributed by atoms with Crippen LogP contribution in [0.15, 0.2) is 18.2 Å². The molecule has 1 aliphatic rings. The van der Waals surface area contributed by atoms with Gasteiger partial charge in [0.15, 0.2) is 0 Å². The first-order valence-corrected chi connectivity index (χ1v) is 4.65. The summed E-state index contributed by atoms with van der Waals surface area (Å²) in [6.07, 6.45) is 0.445. The molecule has 13 heavy (non-hydrogen) atoms. The number of benzene rings is 1. The van der Waals surface area contributed by atoms with Gasteiger partial charge in [0.25, 0.3) is 0 Å². The van der Waals surface area contributed by atoms with Crippen molar-refractivity contribution in [3.8, 4) is 0 Å². The van der Waals surface area contributed by atoms with Crippen LogP contribution in [0, 0.1) is 0 Å². The molecule has 0 spiro atoms. The zero-order valence-electron chi connectivity index (χ0n) is 7.03. The zero-order chi connectivity index (χ0) is 9.42. The summed E-state index contributed by atoms with van der Waals surface area (Å²) in [4.78, 5) is 13.1. The molecule has 0 aromatic heterocycles. The van der Waals surface area contributed by atoms with Gasteiger partial charge < -0.3 is 10.6 Å². The molecule has 1 heterocycles. The fourth-order valence-electron chi connectivity index (χ4n) is 1.56. The third-order valence-corrected chi connectivity index (χ3v) is 2.46. The van der Waals surface area contributed by atoms with Crippen molar-refractivity contribution >= 4 is 29.9 Å². The molecule has 1 aromatic rings.